The number of hydrogen-bond donors (Lipinski definition) is 2. The first-order valence-corrected chi connectivity index (χ1v) is 21.4. The van der Waals surface area contributed by atoms with Gasteiger partial charge in [0.2, 0.25) is 0 Å². The number of anilines is 1. The number of aryl methyl sites for hydroxylation is 1. The molecule has 2 heterocycles. The Bertz CT molecular complexity index is 1440. The van der Waals surface area contributed by atoms with Crippen LogP contribution < -0.4 is 19.7 Å². The molecule has 2 fully saturated rings. The monoisotopic (exact) mass is 741 g/mol. The standard InChI is InChI=1S/C41H64ClN5O3S/c1-6-9-30(3)31(4)51(49)44-41(48)34-13-16-40-39(26-34)47(28-36(29-50-40)38-15-14-37(42)25-33(38)10-7-2)27-35-12-11-32(35)17-22-46-21-8-20-45(5)23-18-43-19-24-46/h13-16,25-26,30-32,35-36,43H,6-12,17-24,27-29H2,1-5H3,(H,44,48). The van der Waals surface area contributed by atoms with Gasteiger partial charge in [-0.3, -0.25) is 9.52 Å². The molecular weight excluding hydrogens is 678 g/mol. The van der Waals surface area contributed by atoms with Gasteiger partial charge in [-0.2, -0.15) is 0 Å². The molecule has 1 saturated carbocycles. The van der Waals surface area contributed by atoms with Gasteiger partial charge in [0.25, 0.3) is 5.91 Å². The quantitative estimate of drug-likeness (QED) is 0.213. The Morgan fingerprint density at radius 1 is 1.04 bits per heavy atom. The second-order valence-electron chi connectivity index (χ2n) is 15.5. The van der Waals surface area contributed by atoms with E-state index in [4.69, 9.17) is 16.3 Å². The molecule has 284 valence electrons. The highest BCUT2D eigenvalue weighted by Crippen LogP contribution is 2.42. The molecule has 5 rings (SSSR count). The maximum absolute atomic E-state index is 13.5. The third kappa shape index (κ3) is 11.2. The highest BCUT2D eigenvalue weighted by Gasteiger charge is 2.35. The van der Waals surface area contributed by atoms with E-state index >= 15 is 0 Å². The normalized spacial score (nSPS) is 24.0. The molecule has 2 aliphatic heterocycles. The van der Waals surface area contributed by atoms with Gasteiger partial charge in [-0.25, -0.2) is 4.21 Å². The summed E-state index contributed by atoms with van der Waals surface area (Å²) in [6, 6.07) is 12.1. The first-order chi connectivity index (χ1) is 24.7. The van der Waals surface area contributed by atoms with E-state index in [1.54, 1.807) is 0 Å². The molecule has 0 radical (unpaired) electrons. The minimum Gasteiger partial charge on any atom is -0.491 e. The molecule has 10 heteroatoms. The number of benzene rings is 2. The SMILES string of the molecule is CCCc1cc(Cl)ccc1C1COc2ccc(C(=O)NS(=O)C(C)C(C)CCC)cc2N(CC2CCC2CCN2CCCN(C)CCNCC2)C1. The van der Waals surface area contributed by atoms with Crippen molar-refractivity contribution in [2.75, 3.05) is 77.5 Å². The molecule has 1 saturated heterocycles. The van der Waals surface area contributed by atoms with Crippen LogP contribution in [-0.2, 0) is 17.4 Å². The van der Waals surface area contributed by atoms with Crippen molar-refractivity contribution in [2.24, 2.45) is 17.8 Å². The fourth-order valence-corrected chi connectivity index (χ4v) is 9.37. The Labute approximate surface area is 316 Å². The minimum atomic E-state index is -1.46. The van der Waals surface area contributed by atoms with Crippen molar-refractivity contribution >= 4 is 34.2 Å². The summed E-state index contributed by atoms with van der Waals surface area (Å²) < 4.78 is 22.6. The zero-order valence-corrected chi connectivity index (χ0v) is 33.5. The molecule has 2 aromatic carbocycles. The number of halogens is 1. The van der Waals surface area contributed by atoms with Crippen LogP contribution in [0, 0.1) is 17.8 Å². The van der Waals surface area contributed by atoms with E-state index in [9.17, 15) is 9.00 Å². The van der Waals surface area contributed by atoms with Crippen LogP contribution in [0.25, 0.3) is 0 Å². The van der Waals surface area contributed by atoms with Crippen LogP contribution in [0.1, 0.15) is 100 Å². The van der Waals surface area contributed by atoms with Crippen molar-refractivity contribution in [3.63, 3.8) is 0 Å². The lowest BCUT2D eigenvalue weighted by Crippen LogP contribution is -2.43. The Morgan fingerprint density at radius 3 is 2.61 bits per heavy atom. The smallest absolute Gasteiger partial charge is 0.263 e. The third-order valence-corrected chi connectivity index (χ3v) is 13.5. The van der Waals surface area contributed by atoms with Crippen LogP contribution >= 0.6 is 11.6 Å². The van der Waals surface area contributed by atoms with Crippen molar-refractivity contribution < 1.29 is 13.7 Å². The Kier molecular flexibility index (Phi) is 15.5. The zero-order chi connectivity index (χ0) is 36.3. The average Bonchev–Trinajstić information content (AvgIpc) is 3.28. The predicted octanol–water partition coefficient (Wildman–Crippen LogP) is 7.14. The van der Waals surface area contributed by atoms with Gasteiger partial charge in [0.1, 0.15) is 16.7 Å². The lowest BCUT2D eigenvalue weighted by Gasteiger charge is -2.42. The summed E-state index contributed by atoms with van der Waals surface area (Å²) in [6.07, 6.45) is 8.99. The maximum Gasteiger partial charge on any atom is 0.263 e. The fraction of sp³-hybridized carbons (Fsp3) is 0.683. The maximum atomic E-state index is 13.5. The molecule has 0 bridgehead atoms. The number of likely N-dealkylation sites (N-methyl/N-ethyl adjacent to an activating group) is 1. The first-order valence-electron chi connectivity index (χ1n) is 19.8. The van der Waals surface area contributed by atoms with Gasteiger partial charge >= 0.3 is 0 Å². The highest BCUT2D eigenvalue weighted by atomic mass is 35.5. The second kappa shape index (κ2) is 19.8. The molecule has 0 aromatic heterocycles. The molecule has 2 N–H and O–H groups in total. The Balaban J connectivity index is 1.34. The number of amides is 1. The van der Waals surface area contributed by atoms with Crippen LogP contribution in [0.5, 0.6) is 5.75 Å². The second-order valence-corrected chi connectivity index (χ2v) is 17.5. The van der Waals surface area contributed by atoms with E-state index < -0.39 is 11.0 Å². The molecule has 0 spiro atoms. The average molecular weight is 743 g/mol. The van der Waals surface area contributed by atoms with E-state index in [-0.39, 0.29) is 23.0 Å². The molecule has 2 aromatic rings. The van der Waals surface area contributed by atoms with E-state index in [0.717, 1.165) is 101 Å². The number of carbonyl (C=O) groups excluding carboxylic acids is 1. The van der Waals surface area contributed by atoms with Crippen LogP contribution in [0.4, 0.5) is 5.69 Å². The first kappa shape index (κ1) is 40.0. The van der Waals surface area contributed by atoms with E-state index in [0.29, 0.717) is 24.0 Å². The summed E-state index contributed by atoms with van der Waals surface area (Å²) in [5.41, 5.74) is 4.08. The summed E-state index contributed by atoms with van der Waals surface area (Å²) in [6.45, 7) is 18.6. The summed E-state index contributed by atoms with van der Waals surface area (Å²) in [7, 11) is 0.768. The molecule has 6 unspecified atom stereocenters. The van der Waals surface area contributed by atoms with Crippen LogP contribution in [-0.4, -0.2) is 97.7 Å². The van der Waals surface area contributed by atoms with Crippen LogP contribution in [0.15, 0.2) is 36.4 Å². The largest absolute Gasteiger partial charge is 0.491 e. The van der Waals surface area contributed by atoms with Crippen molar-refractivity contribution in [3.8, 4) is 5.75 Å². The molecular formula is C41H64ClN5O3S. The number of carbonyl (C=O) groups is 1. The number of nitrogens with zero attached hydrogens (tertiary/aromatic N) is 3. The van der Waals surface area contributed by atoms with Gasteiger partial charge in [-0.1, -0.05) is 51.3 Å². The molecule has 1 aliphatic carbocycles. The lowest BCUT2D eigenvalue weighted by molar-refractivity contribution is 0.0982. The number of nitrogens with one attached hydrogen (secondary N) is 2. The summed E-state index contributed by atoms with van der Waals surface area (Å²) in [5.74, 6) is 2.23. The van der Waals surface area contributed by atoms with Crippen molar-refractivity contribution in [2.45, 2.75) is 90.2 Å². The van der Waals surface area contributed by atoms with E-state index in [1.165, 1.54) is 36.8 Å². The van der Waals surface area contributed by atoms with Crippen LogP contribution in [0.2, 0.25) is 5.02 Å². The van der Waals surface area contributed by atoms with Crippen LogP contribution in [0.3, 0.4) is 0 Å². The van der Waals surface area contributed by atoms with Gasteiger partial charge in [0.15, 0.2) is 0 Å². The molecule has 8 nitrogen and oxygen atoms in total. The topological polar surface area (TPSA) is 77.2 Å². The number of ether oxygens (including phenoxy) is 1. The predicted molar refractivity (Wildman–Crippen MR) is 214 cm³/mol. The molecule has 1 amide bonds. The minimum absolute atomic E-state index is 0.118. The number of hydrogen-bond acceptors (Lipinski definition) is 7. The van der Waals surface area contributed by atoms with Crippen molar-refractivity contribution in [1.29, 1.82) is 0 Å². The number of rotatable bonds is 14. The zero-order valence-electron chi connectivity index (χ0n) is 31.9. The molecule has 6 atom stereocenters. The Hall–Kier alpha value is -2.17. The van der Waals surface area contributed by atoms with Gasteiger partial charge < -0.3 is 24.8 Å². The summed E-state index contributed by atoms with van der Waals surface area (Å²) in [4.78, 5) is 21.1. The lowest BCUT2D eigenvalue weighted by atomic mass is 9.71. The highest BCUT2D eigenvalue weighted by molar-refractivity contribution is 7.84. The molecule has 51 heavy (non-hydrogen) atoms. The van der Waals surface area contributed by atoms with Crippen molar-refractivity contribution in [1.82, 2.24) is 19.8 Å². The van der Waals surface area contributed by atoms with E-state index in [1.807, 2.05) is 31.2 Å². The Morgan fingerprint density at radius 2 is 1.84 bits per heavy atom. The van der Waals surface area contributed by atoms with Gasteiger partial charge in [0.05, 0.1) is 17.5 Å². The molecule has 3 aliphatic rings. The third-order valence-electron chi connectivity index (χ3n) is 11.7. The van der Waals surface area contributed by atoms with Gasteiger partial charge in [-0.15, -0.1) is 0 Å². The van der Waals surface area contributed by atoms with E-state index in [2.05, 4.69) is 64.7 Å². The van der Waals surface area contributed by atoms with Crippen molar-refractivity contribution in [3.05, 3.63) is 58.1 Å². The summed E-state index contributed by atoms with van der Waals surface area (Å²) in [5, 5.41) is 4.28. The number of fused-ring (bicyclic) bond motifs is 1. The fourth-order valence-electron chi connectivity index (χ4n) is 8.13. The van der Waals surface area contributed by atoms with Gasteiger partial charge in [-0.05, 0) is 131 Å². The summed E-state index contributed by atoms with van der Waals surface area (Å²) >= 11 is 6.49. The van der Waals surface area contributed by atoms with Gasteiger partial charge in [0, 0.05) is 55.8 Å².